The quantitative estimate of drug-likeness (QED) is 0.205. The second-order valence-electron chi connectivity index (χ2n) is 15.3. The molecule has 2 aliphatic heterocycles. The zero-order valence-corrected chi connectivity index (χ0v) is 27.9. The number of aliphatic hydroxyl groups is 1. The number of ether oxygens (including phenoxy) is 2. The van der Waals surface area contributed by atoms with Crippen LogP contribution in [-0.2, 0) is 29.5 Å². The number of carbonyl (C=O) groups is 1. The Kier molecular flexibility index (Phi) is 8.29. The Morgan fingerprint density at radius 1 is 0.979 bits per heavy atom. The Labute approximate surface area is 280 Å². The number of amides is 1. The van der Waals surface area contributed by atoms with Gasteiger partial charge in [0.15, 0.2) is 11.5 Å². The second kappa shape index (κ2) is 12.6. The lowest BCUT2D eigenvalue weighted by Crippen LogP contribution is -2.77. The SMILES string of the molecule is COc1ccc2c3c1O[C@H]1CCC[C@H]4[C@@H](C2)[N+](CC2CC2)(NC(=O)C(CCc2ccccc2)C(O)CCCc2ccccc2)CC[C@]314. The first-order valence-corrected chi connectivity index (χ1v) is 18.3. The Hall–Kier alpha value is -3.35. The van der Waals surface area contributed by atoms with E-state index < -0.39 is 12.0 Å². The molecule has 3 fully saturated rings. The summed E-state index contributed by atoms with van der Waals surface area (Å²) in [6, 6.07) is 25.6. The predicted octanol–water partition coefficient (Wildman–Crippen LogP) is 6.71. The molecule has 3 aromatic rings. The van der Waals surface area contributed by atoms with Gasteiger partial charge in [-0.15, -0.1) is 0 Å². The fourth-order valence-electron chi connectivity index (χ4n) is 10.2. The van der Waals surface area contributed by atoms with Gasteiger partial charge >= 0.3 is 0 Å². The molecule has 248 valence electrons. The first-order chi connectivity index (χ1) is 23.0. The third-order valence-corrected chi connectivity index (χ3v) is 12.6. The van der Waals surface area contributed by atoms with E-state index in [1.807, 2.05) is 12.1 Å². The maximum atomic E-state index is 14.7. The summed E-state index contributed by atoms with van der Waals surface area (Å²) in [6.45, 7) is 1.93. The van der Waals surface area contributed by atoms with Gasteiger partial charge in [0.05, 0.1) is 24.5 Å². The summed E-state index contributed by atoms with van der Waals surface area (Å²) in [7, 11) is 1.75. The lowest BCUT2D eigenvalue weighted by molar-refractivity contribution is -0.995. The van der Waals surface area contributed by atoms with Crippen LogP contribution in [-0.4, -0.2) is 54.1 Å². The molecule has 2 heterocycles. The molecule has 6 nitrogen and oxygen atoms in total. The van der Waals surface area contributed by atoms with Gasteiger partial charge in [0.2, 0.25) is 0 Å². The molecule has 2 N–H and O–H groups in total. The number of aryl methyl sites for hydroxylation is 2. The normalized spacial score (nSPS) is 29.7. The fourth-order valence-corrected chi connectivity index (χ4v) is 10.2. The fraction of sp³-hybridized carbons (Fsp3) is 0.537. The van der Waals surface area contributed by atoms with Crippen molar-refractivity contribution in [2.75, 3.05) is 20.2 Å². The van der Waals surface area contributed by atoms with Gasteiger partial charge in [-0.2, -0.15) is 0 Å². The molecule has 6 heteroatoms. The molecule has 0 radical (unpaired) electrons. The minimum absolute atomic E-state index is 0.0140. The molecule has 2 bridgehead atoms. The van der Waals surface area contributed by atoms with Crippen LogP contribution in [0, 0.1) is 17.8 Å². The van der Waals surface area contributed by atoms with Crippen LogP contribution < -0.4 is 14.9 Å². The van der Waals surface area contributed by atoms with Gasteiger partial charge in [-0.1, -0.05) is 66.7 Å². The summed E-state index contributed by atoms with van der Waals surface area (Å²) in [6.07, 6.45) is 11.2. The highest BCUT2D eigenvalue weighted by Crippen LogP contribution is 2.65. The lowest BCUT2D eigenvalue weighted by atomic mass is 9.51. The zero-order chi connectivity index (χ0) is 32.0. The van der Waals surface area contributed by atoms with E-state index in [0.29, 0.717) is 35.3 Å². The number of rotatable bonds is 13. The van der Waals surface area contributed by atoms with Crippen LogP contribution in [0.4, 0.5) is 0 Å². The van der Waals surface area contributed by atoms with Crippen molar-refractivity contribution in [1.29, 1.82) is 0 Å². The minimum Gasteiger partial charge on any atom is -0.493 e. The molecule has 47 heavy (non-hydrogen) atoms. The summed E-state index contributed by atoms with van der Waals surface area (Å²) in [5.74, 6) is 2.58. The van der Waals surface area contributed by atoms with Crippen molar-refractivity contribution >= 4 is 5.91 Å². The first kappa shape index (κ1) is 31.0. The number of hydrogen-bond acceptors (Lipinski definition) is 4. The zero-order valence-electron chi connectivity index (χ0n) is 27.9. The minimum atomic E-state index is -0.677. The van der Waals surface area contributed by atoms with Crippen molar-refractivity contribution < 1.29 is 24.0 Å². The van der Waals surface area contributed by atoms with E-state index in [-0.39, 0.29) is 17.4 Å². The van der Waals surface area contributed by atoms with Crippen LogP contribution in [0.2, 0.25) is 0 Å². The maximum Gasteiger partial charge on any atom is 0.270 e. The van der Waals surface area contributed by atoms with Gasteiger partial charge < -0.3 is 14.6 Å². The van der Waals surface area contributed by atoms with Gasteiger partial charge in [-0.05, 0) is 87.0 Å². The molecule has 3 aliphatic carbocycles. The van der Waals surface area contributed by atoms with Crippen molar-refractivity contribution in [3.05, 3.63) is 95.1 Å². The van der Waals surface area contributed by atoms with Gasteiger partial charge in [-0.25, -0.2) is 10.0 Å². The largest absolute Gasteiger partial charge is 0.493 e. The number of nitrogens with one attached hydrogen (secondary N) is 1. The van der Waals surface area contributed by atoms with Crippen molar-refractivity contribution in [2.45, 2.75) is 101 Å². The molecule has 3 aromatic carbocycles. The number of nitrogens with zero attached hydrogens (tertiary/aromatic N) is 1. The van der Waals surface area contributed by atoms with Crippen molar-refractivity contribution in [2.24, 2.45) is 17.8 Å². The van der Waals surface area contributed by atoms with Crippen LogP contribution in [0.25, 0.3) is 0 Å². The van der Waals surface area contributed by atoms with E-state index in [4.69, 9.17) is 9.47 Å². The standard InChI is InChI=1S/C41H50N2O4/c1-46-36-23-21-31-26-34-33-15-9-17-37-41(33,38(31)39(36)47-37)24-25-43(34,27-30-18-19-30)42-40(45)32(22-20-29-12-6-3-7-13-29)35(44)16-8-14-28-10-4-2-5-11-28/h2-7,10-13,21,23,30,32-35,37,44H,8-9,14-20,22,24-27H2,1H3/p+1/t32?,33-,34+,35?,37-,41+,43?/m0/s1. The van der Waals surface area contributed by atoms with Gasteiger partial charge in [0, 0.05) is 30.2 Å². The van der Waals surface area contributed by atoms with Crippen molar-refractivity contribution in [3.63, 3.8) is 0 Å². The highest BCUT2D eigenvalue weighted by atomic mass is 16.5. The number of hydrogen-bond donors (Lipinski definition) is 2. The van der Waals surface area contributed by atoms with E-state index in [0.717, 1.165) is 69.5 Å². The Morgan fingerprint density at radius 2 is 1.72 bits per heavy atom. The number of piperidine rings is 1. The Morgan fingerprint density at radius 3 is 2.45 bits per heavy atom. The number of methoxy groups -OCH3 is 1. The van der Waals surface area contributed by atoms with Crippen LogP contribution in [0.15, 0.2) is 72.8 Å². The molecule has 0 aromatic heterocycles. The molecule has 1 spiro atoms. The van der Waals surface area contributed by atoms with E-state index in [1.165, 1.54) is 41.5 Å². The summed E-state index contributed by atoms with van der Waals surface area (Å²) in [5.41, 5.74) is 9.09. The van der Waals surface area contributed by atoms with Gasteiger partial charge in [0.1, 0.15) is 25.2 Å². The molecule has 1 saturated heterocycles. The lowest BCUT2D eigenvalue weighted by Gasteiger charge is -2.61. The van der Waals surface area contributed by atoms with Gasteiger partial charge in [0.25, 0.3) is 5.91 Å². The van der Waals surface area contributed by atoms with Gasteiger partial charge in [-0.3, -0.25) is 4.79 Å². The Balaban J connectivity index is 1.08. The average Bonchev–Trinajstić information content (AvgIpc) is 3.84. The number of quaternary nitrogens is 1. The van der Waals surface area contributed by atoms with Crippen molar-refractivity contribution in [3.8, 4) is 11.5 Å². The highest BCUT2D eigenvalue weighted by molar-refractivity contribution is 5.78. The van der Waals surface area contributed by atoms with Crippen LogP contribution in [0.1, 0.15) is 80.0 Å². The topological polar surface area (TPSA) is 67.8 Å². The Bertz CT molecular complexity index is 1580. The summed E-state index contributed by atoms with van der Waals surface area (Å²) in [5, 5.41) is 11.7. The number of likely N-dealkylation sites (tertiary alicyclic amines) is 1. The van der Waals surface area contributed by atoms with Crippen LogP contribution in [0.3, 0.4) is 0 Å². The third-order valence-electron chi connectivity index (χ3n) is 12.6. The molecule has 3 unspecified atom stereocenters. The number of benzene rings is 3. The average molecular weight is 636 g/mol. The number of carbonyl (C=O) groups excluding carboxylic acids is 1. The summed E-state index contributed by atoms with van der Waals surface area (Å²) >= 11 is 0. The second-order valence-corrected chi connectivity index (χ2v) is 15.3. The molecule has 5 aliphatic rings. The predicted molar refractivity (Wildman–Crippen MR) is 183 cm³/mol. The van der Waals surface area contributed by atoms with E-state index >= 15 is 0 Å². The molecular formula is C41H51N2O4+. The first-order valence-electron chi connectivity index (χ1n) is 18.3. The monoisotopic (exact) mass is 635 g/mol. The maximum absolute atomic E-state index is 14.7. The van der Waals surface area contributed by atoms with Crippen molar-refractivity contribution in [1.82, 2.24) is 5.43 Å². The van der Waals surface area contributed by atoms with E-state index in [9.17, 15) is 9.90 Å². The smallest absolute Gasteiger partial charge is 0.270 e. The molecular weight excluding hydrogens is 584 g/mol. The summed E-state index contributed by atoms with van der Waals surface area (Å²) in [4.78, 5) is 14.7. The van der Waals surface area contributed by atoms with E-state index in [1.54, 1.807) is 7.11 Å². The molecule has 8 rings (SSSR count). The molecule has 1 amide bonds. The van der Waals surface area contributed by atoms with Crippen LogP contribution in [0.5, 0.6) is 11.5 Å². The molecule has 2 saturated carbocycles. The highest BCUT2D eigenvalue weighted by Gasteiger charge is 2.69. The van der Waals surface area contributed by atoms with Crippen LogP contribution >= 0.6 is 0 Å². The molecule has 7 atom stereocenters. The number of aliphatic hydroxyl groups excluding tert-OH is 1. The van der Waals surface area contributed by atoms with E-state index in [2.05, 4.69) is 66.1 Å². The third kappa shape index (κ3) is 5.55. The summed E-state index contributed by atoms with van der Waals surface area (Å²) < 4.78 is 13.3.